The molecule has 1 unspecified atom stereocenters. The van der Waals surface area contributed by atoms with Crippen LogP contribution in [0.15, 0.2) is 42.0 Å². The Morgan fingerprint density at radius 3 is 2.95 bits per heavy atom. The normalized spacial score (nSPS) is 12.9. The van der Waals surface area contributed by atoms with Crippen molar-refractivity contribution in [1.82, 2.24) is 9.38 Å². The van der Waals surface area contributed by atoms with E-state index in [-0.39, 0.29) is 18.3 Å². The highest BCUT2D eigenvalue weighted by molar-refractivity contribution is 7.15. The van der Waals surface area contributed by atoms with Gasteiger partial charge < -0.3 is 5.11 Å². The number of benzene rings is 1. The van der Waals surface area contributed by atoms with Crippen molar-refractivity contribution in [2.45, 2.75) is 12.3 Å². The molecule has 0 bridgehead atoms. The van der Waals surface area contributed by atoms with Gasteiger partial charge in [0.1, 0.15) is 5.82 Å². The van der Waals surface area contributed by atoms with Crippen molar-refractivity contribution in [2.75, 3.05) is 6.61 Å². The lowest BCUT2D eigenvalue weighted by molar-refractivity contribution is 0.261. The lowest BCUT2D eigenvalue weighted by atomic mass is 9.95. The summed E-state index contributed by atoms with van der Waals surface area (Å²) in [5.74, 6) is -0.534. The molecule has 0 radical (unpaired) electrons. The molecule has 1 aromatic carbocycles. The Morgan fingerprint density at radius 1 is 1.37 bits per heavy atom. The van der Waals surface area contributed by atoms with E-state index in [9.17, 15) is 9.50 Å². The van der Waals surface area contributed by atoms with E-state index >= 15 is 0 Å². The molecule has 1 N–H and O–H groups in total. The number of imidazole rings is 1. The van der Waals surface area contributed by atoms with Crippen molar-refractivity contribution in [3.05, 3.63) is 59.1 Å². The predicted molar refractivity (Wildman–Crippen MR) is 73.0 cm³/mol. The van der Waals surface area contributed by atoms with Gasteiger partial charge in [0, 0.05) is 30.1 Å². The van der Waals surface area contributed by atoms with E-state index in [0.717, 1.165) is 10.7 Å². The number of halogens is 1. The lowest BCUT2D eigenvalue weighted by Gasteiger charge is -2.13. The molecule has 0 saturated carbocycles. The van der Waals surface area contributed by atoms with Gasteiger partial charge >= 0.3 is 0 Å². The monoisotopic (exact) mass is 276 g/mol. The number of rotatable bonds is 4. The molecule has 0 aliphatic carbocycles. The second kappa shape index (κ2) is 5.11. The van der Waals surface area contributed by atoms with Crippen LogP contribution in [0, 0.1) is 5.82 Å². The molecule has 0 spiro atoms. The molecule has 1 atom stereocenters. The minimum absolute atomic E-state index is 0.0912. The SMILES string of the molecule is OCC(Cc1cn2ccsc2n1)c1ccccc1F. The Morgan fingerprint density at radius 2 is 2.21 bits per heavy atom. The Hall–Kier alpha value is -1.72. The standard InChI is InChI=1S/C14H13FN2OS/c15-13-4-2-1-3-12(13)10(9-18)7-11-8-17-5-6-19-14(17)16-11/h1-6,8,10,18H,7,9H2. The van der Waals surface area contributed by atoms with Crippen LogP contribution in [0.25, 0.3) is 4.96 Å². The van der Waals surface area contributed by atoms with Crippen LogP contribution in [-0.4, -0.2) is 21.1 Å². The number of aliphatic hydroxyl groups is 1. The van der Waals surface area contributed by atoms with Crippen molar-refractivity contribution in [2.24, 2.45) is 0 Å². The summed E-state index contributed by atoms with van der Waals surface area (Å²) >= 11 is 1.56. The summed E-state index contributed by atoms with van der Waals surface area (Å²) in [5, 5.41) is 11.5. The topological polar surface area (TPSA) is 37.5 Å². The van der Waals surface area contributed by atoms with Gasteiger partial charge in [-0.15, -0.1) is 11.3 Å². The summed E-state index contributed by atoms with van der Waals surface area (Å²) in [5.41, 5.74) is 1.41. The van der Waals surface area contributed by atoms with Crippen LogP contribution in [0.1, 0.15) is 17.2 Å². The fraction of sp³-hybridized carbons (Fsp3) is 0.214. The van der Waals surface area contributed by atoms with Crippen LogP contribution in [0.3, 0.4) is 0 Å². The van der Waals surface area contributed by atoms with Crippen molar-refractivity contribution in [3.8, 4) is 0 Å². The Bertz CT molecular complexity index is 663. The van der Waals surface area contributed by atoms with Gasteiger partial charge in [0.05, 0.1) is 12.3 Å². The van der Waals surface area contributed by atoms with Gasteiger partial charge in [-0.25, -0.2) is 9.37 Å². The van der Waals surface area contributed by atoms with E-state index in [1.54, 1.807) is 29.5 Å². The van der Waals surface area contributed by atoms with Crippen LogP contribution < -0.4 is 0 Å². The third-order valence-electron chi connectivity index (χ3n) is 3.16. The maximum atomic E-state index is 13.7. The summed E-state index contributed by atoms with van der Waals surface area (Å²) in [4.78, 5) is 5.38. The Labute approximate surface area is 114 Å². The van der Waals surface area contributed by atoms with Crippen molar-refractivity contribution in [3.63, 3.8) is 0 Å². The fourth-order valence-corrected chi connectivity index (χ4v) is 2.92. The van der Waals surface area contributed by atoms with E-state index in [1.807, 2.05) is 22.2 Å². The predicted octanol–water partition coefficient (Wildman–Crippen LogP) is 2.85. The van der Waals surface area contributed by atoms with Crippen LogP contribution in [0.4, 0.5) is 4.39 Å². The van der Waals surface area contributed by atoms with Gasteiger partial charge in [0.25, 0.3) is 0 Å². The number of hydrogen-bond donors (Lipinski definition) is 1. The first-order valence-electron chi connectivity index (χ1n) is 6.04. The zero-order chi connectivity index (χ0) is 13.2. The molecule has 0 saturated heterocycles. The van der Waals surface area contributed by atoms with E-state index in [1.165, 1.54) is 6.07 Å². The number of aliphatic hydroxyl groups excluding tert-OH is 1. The quantitative estimate of drug-likeness (QED) is 0.795. The summed E-state index contributed by atoms with van der Waals surface area (Å²) in [6.07, 6.45) is 4.40. The van der Waals surface area contributed by atoms with Crippen LogP contribution >= 0.6 is 11.3 Å². The molecular weight excluding hydrogens is 263 g/mol. The van der Waals surface area contributed by atoms with E-state index in [2.05, 4.69) is 4.98 Å². The third kappa shape index (κ3) is 2.39. The molecule has 2 heterocycles. The fourth-order valence-electron chi connectivity index (χ4n) is 2.21. The Kier molecular flexibility index (Phi) is 3.31. The number of aromatic nitrogens is 2. The highest BCUT2D eigenvalue weighted by Crippen LogP contribution is 2.23. The second-order valence-electron chi connectivity index (χ2n) is 4.43. The van der Waals surface area contributed by atoms with Gasteiger partial charge in [0.15, 0.2) is 4.96 Å². The maximum Gasteiger partial charge on any atom is 0.193 e. The van der Waals surface area contributed by atoms with E-state index in [4.69, 9.17) is 0 Å². The molecule has 3 rings (SSSR count). The molecule has 2 aromatic heterocycles. The van der Waals surface area contributed by atoms with Crippen molar-refractivity contribution in [1.29, 1.82) is 0 Å². The Balaban J connectivity index is 1.87. The van der Waals surface area contributed by atoms with Crippen molar-refractivity contribution < 1.29 is 9.50 Å². The molecule has 3 nitrogen and oxygen atoms in total. The van der Waals surface area contributed by atoms with Crippen LogP contribution in [0.2, 0.25) is 0 Å². The number of nitrogens with zero attached hydrogens (tertiary/aromatic N) is 2. The molecule has 98 valence electrons. The lowest BCUT2D eigenvalue weighted by Crippen LogP contribution is -2.10. The zero-order valence-corrected chi connectivity index (χ0v) is 11.0. The smallest absolute Gasteiger partial charge is 0.193 e. The average molecular weight is 276 g/mol. The molecule has 0 fully saturated rings. The average Bonchev–Trinajstić information content (AvgIpc) is 2.97. The maximum absolute atomic E-state index is 13.7. The van der Waals surface area contributed by atoms with Crippen LogP contribution in [-0.2, 0) is 6.42 Å². The summed E-state index contributed by atoms with van der Waals surface area (Å²) in [6.45, 7) is -0.0912. The minimum atomic E-state index is -0.275. The second-order valence-corrected chi connectivity index (χ2v) is 5.30. The molecule has 0 aliphatic heterocycles. The third-order valence-corrected chi connectivity index (χ3v) is 3.93. The highest BCUT2D eigenvalue weighted by Gasteiger charge is 2.17. The zero-order valence-electron chi connectivity index (χ0n) is 10.2. The molecule has 5 heteroatoms. The summed E-state index contributed by atoms with van der Waals surface area (Å²) in [7, 11) is 0. The minimum Gasteiger partial charge on any atom is -0.396 e. The summed E-state index contributed by atoms with van der Waals surface area (Å²) < 4.78 is 15.7. The van der Waals surface area contributed by atoms with E-state index < -0.39 is 0 Å². The van der Waals surface area contributed by atoms with Gasteiger partial charge in [-0.2, -0.15) is 0 Å². The first kappa shape index (κ1) is 12.3. The highest BCUT2D eigenvalue weighted by atomic mass is 32.1. The van der Waals surface area contributed by atoms with Gasteiger partial charge in [0.2, 0.25) is 0 Å². The number of fused-ring (bicyclic) bond motifs is 1. The van der Waals surface area contributed by atoms with Crippen molar-refractivity contribution >= 4 is 16.3 Å². The molecule has 19 heavy (non-hydrogen) atoms. The molecular formula is C14H13FN2OS. The van der Waals surface area contributed by atoms with Gasteiger partial charge in [-0.05, 0) is 11.6 Å². The first-order chi connectivity index (χ1) is 9.28. The largest absolute Gasteiger partial charge is 0.396 e. The van der Waals surface area contributed by atoms with Crippen LogP contribution in [0.5, 0.6) is 0 Å². The van der Waals surface area contributed by atoms with Gasteiger partial charge in [-0.3, -0.25) is 4.40 Å². The number of thiazole rings is 1. The number of hydrogen-bond acceptors (Lipinski definition) is 3. The molecule has 0 aliphatic rings. The van der Waals surface area contributed by atoms with E-state index in [0.29, 0.717) is 12.0 Å². The first-order valence-corrected chi connectivity index (χ1v) is 6.92. The molecule has 3 aromatic rings. The summed E-state index contributed by atoms with van der Waals surface area (Å²) in [6, 6.07) is 6.57. The molecule has 0 amide bonds. The van der Waals surface area contributed by atoms with Gasteiger partial charge in [-0.1, -0.05) is 18.2 Å².